The highest BCUT2D eigenvalue weighted by Crippen LogP contribution is 2.39. The minimum atomic E-state index is -0.437. The lowest BCUT2D eigenvalue weighted by molar-refractivity contribution is -0.131. The van der Waals surface area contributed by atoms with Gasteiger partial charge in [0, 0.05) is 35.5 Å². The highest BCUT2D eigenvalue weighted by Gasteiger charge is 2.29. The summed E-state index contributed by atoms with van der Waals surface area (Å²) < 4.78 is 15.9. The Kier molecular flexibility index (Phi) is 4.70. The molecule has 0 radical (unpaired) electrons. The van der Waals surface area contributed by atoms with Gasteiger partial charge in [0.05, 0.1) is 12.1 Å². The number of carbonyl (C=O) groups excluding carboxylic acids is 1. The van der Waals surface area contributed by atoms with Crippen LogP contribution in [0.15, 0.2) is 30.3 Å². The topological polar surface area (TPSA) is 63.4 Å². The van der Waals surface area contributed by atoms with Crippen LogP contribution in [-0.2, 0) is 11.2 Å². The number of halogens is 2. The number of likely N-dealkylation sites (tertiary alicyclic amines) is 1. The average Bonchev–Trinajstić information content (AvgIpc) is 3.50. The Balaban J connectivity index is 1.27. The molecule has 3 heterocycles. The van der Waals surface area contributed by atoms with Crippen LogP contribution in [-0.4, -0.2) is 43.7 Å². The Bertz CT molecular complexity index is 1050. The zero-order chi connectivity index (χ0) is 20.0. The molecule has 0 N–H and O–H groups in total. The minimum Gasteiger partial charge on any atom is -0.342 e. The van der Waals surface area contributed by atoms with Gasteiger partial charge in [-0.1, -0.05) is 17.7 Å². The molecule has 1 saturated carbocycles. The molecule has 0 bridgehead atoms. The van der Waals surface area contributed by atoms with Crippen LogP contribution in [0.25, 0.3) is 5.65 Å². The van der Waals surface area contributed by atoms with E-state index in [2.05, 4.69) is 10.2 Å². The number of benzene rings is 1. The fourth-order valence-corrected chi connectivity index (χ4v) is 4.25. The molecule has 29 heavy (non-hydrogen) atoms. The zero-order valence-corrected chi connectivity index (χ0v) is 16.6. The smallest absolute Gasteiger partial charge is 0.227 e. The third-order valence-corrected chi connectivity index (χ3v) is 6.26. The summed E-state index contributed by atoms with van der Waals surface area (Å²) in [7, 11) is 0. The van der Waals surface area contributed by atoms with Gasteiger partial charge in [0.25, 0.3) is 0 Å². The number of piperidine rings is 1. The normalized spacial score (nSPS) is 17.8. The van der Waals surface area contributed by atoms with E-state index in [1.54, 1.807) is 17.0 Å². The molecule has 1 aliphatic carbocycles. The first kappa shape index (κ1) is 18.5. The van der Waals surface area contributed by atoms with Gasteiger partial charge in [-0.05, 0) is 49.9 Å². The van der Waals surface area contributed by atoms with E-state index in [1.807, 2.05) is 16.6 Å². The maximum absolute atomic E-state index is 14.0. The summed E-state index contributed by atoms with van der Waals surface area (Å²) in [6, 6.07) is 8.51. The van der Waals surface area contributed by atoms with Gasteiger partial charge in [-0.25, -0.2) is 4.39 Å². The van der Waals surface area contributed by atoms with Crippen molar-refractivity contribution in [3.05, 3.63) is 58.3 Å². The summed E-state index contributed by atoms with van der Waals surface area (Å²) in [5.41, 5.74) is 2.13. The van der Waals surface area contributed by atoms with Crippen LogP contribution < -0.4 is 0 Å². The van der Waals surface area contributed by atoms with Crippen LogP contribution in [0.1, 0.15) is 54.6 Å². The molecule has 2 aliphatic rings. The number of nitrogens with zero attached hydrogens (tertiary/aromatic N) is 5. The maximum atomic E-state index is 14.0. The molecule has 6 nitrogen and oxygen atoms in total. The second-order valence-electron chi connectivity index (χ2n) is 7.89. The first-order valence-corrected chi connectivity index (χ1v) is 10.4. The number of amides is 1. The third kappa shape index (κ3) is 3.59. The molecule has 3 aromatic rings. The van der Waals surface area contributed by atoms with Crippen LogP contribution in [0.3, 0.4) is 0 Å². The summed E-state index contributed by atoms with van der Waals surface area (Å²) in [5.74, 6) is 1.10. The lowest BCUT2D eigenvalue weighted by atomic mass is 9.95. The van der Waals surface area contributed by atoms with E-state index < -0.39 is 5.82 Å². The van der Waals surface area contributed by atoms with Crippen molar-refractivity contribution < 1.29 is 9.18 Å². The highest BCUT2D eigenvalue weighted by molar-refractivity contribution is 6.31. The fraction of sp³-hybridized carbons (Fsp3) is 0.429. The van der Waals surface area contributed by atoms with Crippen molar-refractivity contribution in [2.24, 2.45) is 0 Å². The van der Waals surface area contributed by atoms with Crippen molar-refractivity contribution in [2.45, 2.75) is 43.9 Å². The molecule has 0 unspecified atom stereocenters. The molecule has 2 aromatic heterocycles. The molecule has 0 atom stereocenters. The summed E-state index contributed by atoms with van der Waals surface area (Å²) >= 11 is 6.06. The Morgan fingerprint density at radius 1 is 1.07 bits per heavy atom. The third-order valence-electron chi connectivity index (χ3n) is 5.91. The van der Waals surface area contributed by atoms with Crippen molar-refractivity contribution >= 4 is 23.2 Å². The quantitative estimate of drug-likeness (QED) is 0.653. The predicted molar refractivity (Wildman–Crippen MR) is 106 cm³/mol. The maximum Gasteiger partial charge on any atom is 0.227 e. The molecule has 8 heteroatoms. The van der Waals surface area contributed by atoms with Crippen molar-refractivity contribution in [1.29, 1.82) is 0 Å². The lowest BCUT2D eigenvalue weighted by Gasteiger charge is -2.31. The Morgan fingerprint density at radius 3 is 2.59 bits per heavy atom. The molecular weight excluding hydrogens is 393 g/mol. The Morgan fingerprint density at radius 2 is 1.86 bits per heavy atom. The van der Waals surface area contributed by atoms with Crippen molar-refractivity contribution in [1.82, 2.24) is 24.7 Å². The molecule has 2 fully saturated rings. The minimum absolute atomic E-state index is 0.0175. The van der Waals surface area contributed by atoms with Gasteiger partial charge in [0.15, 0.2) is 11.5 Å². The van der Waals surface area contributed by atoms with Gasteiger partial charge in [-0.15, -0.1) is 10.2 Å². The van der Waals surface area contributed by atoms with Crippen LogP contribution in [0, 0.1) is 5.82 Å². The number of aromatic nitrogens is 4. The SMILES string of the molecule is O=C(Cc1c(F)cccc1Cl)N1CCC(c2nnc3ccc(C4CC4)nn23)CC1. The first-order chi connectivity index (χ1) is 14.1. The van der Waals surface area contributed by atoms with Crippen molar-refractivity contribution in [3.8, 4) is 0 Å². The lowest BCUT2D eigenvalue weighted by Crippen LogP contribution is -2.39. The number of carbonyl (C=O) groups is 1. The van der Waals surface area contributed by atoms with E-state index >= 15 is 0 Å². The van der Waals surface area contributed by atoms with Crippen LogP contribution in [0.2, 0.25) is 5.02 Å². The van der Waals surface area contributed by atoms with E-state index in [9.17, 15) is 9.18 Å². The average molecular weight is 414 g/mol. The van der Waals surface area contributed by atoms with Gasteiger partial charge < -0.3 is 4.90 Å². The molecule has 150 valence electrons. The van der Waals surface area contributed by atoms with Gasteiger partial charge in [0.2, 0.25) is 5.91 Å². The molecule has 0 spiro atoms. The van der Waals surface area contributed by atoms with E-state index in [4.69, 9.17) is 16.7 Å². The summed E-state index contributed by atoms with van der Waals surface area (Å²) in [4.78, 5) is 14.4. The van der Waals surface area contributed by atoms with E-state index in [1.165, 1.54) is 18.9 Å². The van der Waals surface area contributed by atoms with E-state index in [0.29, 0.717) is 24.0 Å². The van der Waals surface area contributed by atoms with Crippen molar-refractivity contribution in [3.63, 3.8) is 0 Å². The van der Waals surface area contributed by atoms with Gasteiger partial charge in [0.1, 0.15) is 5.82 Å². The second-order valence-corrected chi connectivity index (χ2v) is 8.30. The van der Waals surface area contributed by atoms with Crippen molar-refractivity contribution in [2.75, 3.05) is 13.1 Å². The highest BCUT2D eigenvalue weighted by atomic mass is 35.5. The van der Waals surface area contributed by atoms with Crippen LogP contribution in [0.5, 0.6) is 0 Å². The fourth-order valence-electron chi connectivity index (χ4n) is 4.02. The first-order valence-electron chi connectivity index (χ1n) is 10.0. The standard InChI is InChI=1S/C21H21ClFN5O/c22-16-2-1-3-17(23)15(16)12-20(29)27-10-8-14(9-11-27)21-25-24-19-7-6-18(13-4-5-13)26-28(19)21/h1-3,6-7,13-14H,4-5,8-12H2. The summed E-state index contributed by atoms with van der Waals surface area (Å²) in [5, 5.41) is 13.7. The van der Waals surface area contributed by atoms with Crippen LogP contribution in [0.4, 0.5) is 4.39 Å². The molecule has 5 rings (SSSR count). The van der Waals surface area contributed by atoms with E-state index in [0.717, 1.165) is 30.0 Å². The number of rotatable bonds is 4. The van der Waals surface area contributed by atoms with Gasteiger partial charge in [-0.3, -0.25) is 4.79 Å². The number of hydrogen-bond donors (Lipinski definition) is 0. The monoisotopic (exact) mass is 413 g/mol. The van der Waals surface area contributed by atoms with Crippen LogP contribution >= 0.6 is 11.6 Å². The predicted octanol–water partition coefficient (Wildman–Crippen LogP) is 3.74. The molecule has 1 saturated heterocycles. The van der Waals surface area contributed by atoms with E-state index in [-0.39, 0.29) is 23.8 Å². The largest absolute Gasteiger partial charge is 0.342 e. The Labute approximate surface area is 172 Å². The molecule has 1 aliphatic heterocycles. The molecule has 1 aromatic carbocycles. The molecular formula is C21H21ClFN5O. The van der Waals surface area contributed by atoms with Gasteiger partial charge in [-0.2, -0.15) is 9.61 Å². The second kappa shape index (κ2) is 7.37. The number of hydrogen-bond acceptors (Lipinski definition) is 4. The molecule has 1 amide bonds. The van der Waals surface area contributed by atoms with Gasteiger partial charge >= 0.3 is 0 Å². The summed E-state index contributed by atoms with van der Waals surface area (Å²) in [6.45, 7) is 1.21. The number of fused-ring (bicyclic) bond motifs is 1. The Hall–Kier alpha value is -2.54. The summed E-state index contributed by atoms with van der Waals surface area (Å²) in [6.07, 6.45) is 3.95. The zero-order valence-electron chi connectivity index (χ0n) is 15.9.